The van der Waals surface area contributed by atoms with Crippen LogP contribution in [0.2, 0.25) is 0 Å². The van der Waals surface area contributed by atoms with Crippen molar-refractivity contribution >= 4 is 11.8 Å². The summed E-state index contributed by atoms with van der Waals surface area (Å²) in [6.45, 7) is 36.2. The van der Waals surface area contributed by atoms with E-state index in [0.29, 0.717) is 5.56 Å². The van der Waals surface area contributed by atoms with Crippen molar-refractivity contribution in [3.63, 3.8) is 0 Å². The number of fused-ring (bicyclic) bond motifs is 6. The summed E-state index contributed by atoms with van der Waals surface area (Å²) in [4.78, 5) is 27.1. The molecule has 0 heterocycles. The summed E-state index contributed by atoms with van der Waals surface area (Å²) in [5.41, 5.74) is 14.5. The fraction of sp³-hybridized carbons (Fsp3) is 0.484. The third kappa shape index (κ3) is 8.05. The highest BCUT2D eigenvalue weighted by Crippen LogP contribution is 2.55. The smallest absolute Gasteiger partial charge is 0.335 e. The van der Waals surface area contributed by atoms with Crippen LogP contribution < -0.4 is 0 Å². The predicted molar refractivity (Wildman–Crippen MR) is 275 cm³/mol. The molecule has 0 spiro atoms. The van der Waals surface area contributed by atoms with Gasteiger partial charge in [0.1, 0.15) is 0 Å². The lowest BCUT2D eigenvalue weighted by molar-refractivity contribution is 0.0693. The predicted octanol–water partition coefficient (Wildman–Crippen LogP) is 16.7. The minimum Gasteiger partial charge on any atom is -0.478 e. The number of carboxylic acid groups (broad SMARTS) is 1. The van der Waals surface area contributed by atoms with Gasteiger partial charge in [-0.2, -0.15) is 0 Å². The maximum atomic E-state index is 14.6. The molecule has 2 aliphatic carbocycles. The number of hydrogen-bond donors (Lipinski definition) is 1. The standard InChI is InChI=1S/C62H78O3/c1-17-18-19-20-21-22-33-62(16)52-37-39(56(2,3)4)23-30-46(52)47-31-26-43(38-53(47)62)61(14,15)59(10,11)41-25-29-45-44-28-24-40(34-48(44)54(63)49(45)35-41)58(8,9)60(12,13)42-27-32-51(57(5,6)7)50(36-42)55(64)65/h23-32,34-38H,17-22,33H2,1-16H3,(H,64,65). The zero-order valence-electron chi connectivity index (χ0n) is 42.9. The van der Waals surface area contributed by atoms with Gasteiger partial charge in [0, 0.05) is 16.5 Å². The number of hydrogen-bond acceptors (Lipinski definition) is 2. The number of aromatic carboxylic acids is 1. The molecule has 0 amide bonds. The number of ketones is 1. The molecular formula is C62H78O3. The van der Waals surface area contributed by atoms with E-state index in [0.717, 1.165) is 50.9 Å². The van der Waals surface area contributed by atoms with Gasteiger partial charge in [0.25, 0.3) is 0 Å². The quantitative estimate of drug-likeness (QED) is 0.111. The Labute approximate surface area is 392 Å². The lowest BCUT2D eigenvalue weighted by Crippen LogP contribution is -2.40. The number of carbonyl (C=O) groups is 2. The SMILES string of the molecule is CCCCCCCCC1(C)c2cc(C(C)(C)C)ccc2-c2ccc(C(C)(C)C(C)(C)c3ccc4c(c3)C(=O)c3cc(C(C)(C)C(C)(C)c5ccc(C(C)(C)C)c(C(=O)O)c5)ccc3-4)cc21. The maximum Gasteiger partial charge on any atom is 0.335 e. The van der Waals surface area contributed by atoms with Gasteiger partial charge in [0.05, 0.1) is 5.56 Å². The second-order valence-electron chi connectivity index (χ2n) is 24.3. The molecule has 0 radical (unpaired) electrons. The Balaban J connectivity index is 1.20. The molecule has 0 fully saturated rings. The van der Waals surface area contributed by atoms with E-state index in [1.807, 2.05) is 12.1 Å². The van der Waals surface area contributed by atoms with Crippen molar-refractivity contribution in [1.82, 2.24) is 0 Å². The van der Waals surface area contributed by atoms with E-state index in [1.165, 1.54) is 71.9 Å². The van der Waals surface area contributed by atoms with Gasteiger partial charge < -0.3 is 5.11 Å². The number of unbranched alkanes of at least 4 members (excludes halogenated alkanes) is 5. The fourth-order valence-corrected chi connectivity index (χ4v) is 11.1. The summed E-state index contributed by atoms with van der Waals surface area (Å²) >= 11 is 0. The van der Waals surface area contributed by atoms with Crippen molar-refractivity contribution in [2.45, 2.75) is 194 Å². The highest BCUT2D eigenvalue weighted by Gasteiger charge is 2.46. The molecule has 2 aliphatic rings. The summed E-state index contributed by atoms with van der Waals surface area (Å²) in [5, 5.41) is 10.3. The van der Waals surface area contributed by atoms with Crippen molar-refractivity contribution in [2.24, 2.45) is 0 Å². The fourth-order valence-electron chi connectivity index (χ4n) is 11.1. The molecular weight excluding hydrogens is 793 g/mol. The lowest BCUT2D eigenvalue weighted by atomic mass is 9.60. The van der Waals surface area contributed by atoms with E-state index < -0.39 is 16.8 Å². The van der Waals surface area contributed by atoms with Crippen LogP contribution in [-0.2, 0) is 37.9 Å². The van der Waals surface area contributed by atoms with Crippen molar-refractivity contribution < 1.29 is 14.7 Å². The molecule has 5 aromatic rings. The van der Waals surface area contributed by atoms with Gasteiger partial charge in [-0.3, -0.25) is 4.79 Å². The van der Waals surface area contributed by atoms with Crippen molar-refractivity contribution in [2.75, 3.05) is 0 Å². The monoisotopic (exact) mass is 871 g/mol. The zero-order valence-corrected chi connectivity index (χ0v) is 42.9. The number of rotatable bonds is 14. The van der Waals surface area contributed by atoms with Crippen LogP contribution in [0.3, 0.4) is 0 Å². The minimum atomic E-state index is -0.910. The lowest BCUT2D eigenvalue weighted by Gasteiger charge is -2.43. The number of benzene rings is 5. The molecule has 0 bridgehead atoms. The highest BCUT2D eigenvalue weighted by molar-refractivity contribution is 6.22. The summed E-state index contributed by atoms with van der Waals surface area (Å²) in [6, 6.07) is 33.5. The largest absolute Gasteiger partial charge is 0.478 e. The van der Waals surface area contributed by atoms with Crippen molar-refractivity contribution in [3.8, 4) is 22.3 Å². The van der Waals surface area contributed by atoms with Crippen LogP contribution in [0.4, 0.5) is 0 Å². The molecule has 0 saturated carbocycles. The van der Waals surface area contributed by atoms with E-state index in [9.17, 15) is 14.7 Å². The normalized spacial score (nSPS) is 16.3. The summed E-state index contributed by atoms with van der Waals surface area (Å²) < 4.78 is 0. The molecule has 0 aromatic heterocycles. The summed E-state index contributed by atoms with van der Waals surface area (Å²) in [5.74, 6) is -0.842. The van der Waals surface area contributed by atoms with E-state index in [1.54, 1.807) is 0 Å². The number of carbonyl (C=O) groups excluding carboxylic acids is 1. The molecule has 0 saturated heterocycles. The average molecular weight is 871 g/mol. The van der Waals surface area contributed by atoms with Crippen molar-refractivity contribution in [3.05, 3.63) is 152 Å². The van der Waals surface area contributed by atoms with Crippen LogP contribution in [0, 0.1) is 0 Å². The first-order valence-electron chi connectivity index (χ1n) is 24.6. The molecule has 7 rings (SSSR count). The molecule has 3 nitrogen and oxygen atoms in total. The highest BCUT2D eigenvalue weighted by atomic mass is 16.4. The van der Waals surface area contributed by atoms with Crippen LogP contribution in [0.5, 0.6) is 0 Å². The van der Waals surface area contributed by atoms with Crippen LogP contribution in [-0.4, -0.2) is 16.9 Å². The maximum absolute atomic E-state index is 14.6. The molecule has 65 heavy (non-hydrogen) atoms. The minimum absolute atomic E-state index is 0.0685. The Kier molecular flexibility index (Phi) is 12.3. The summed E-state index contributed by atoms with van der Waals surface area (Å²) in [7, 11) is 0. The second-order valence-corrected chi connectivity index (χ2v) is 24.3. The van der Waals surface area contributed by atoms with E-state index in [2.05, 4.69) is 190 Å². The second kappa shape index (κ2) is 16.5. The first-order chi connectivity index (χ1) is 30.1. The Morgan fingerprint density at radius 2 is 0.846 bits per heavy atom. The van der Waals surface area contributed by atoms with E-state index in [4.69, 9.17) is 0 Å². The summed E-state index contributed by atoms with van der Waals surface area (Å²) in [6.07, 6.45) is 8.86. The molecule has 0 aliphatic heterocycles. The Bertz CT molecular complexity index is 2670. The first kappa shape index (κ1) is 48.2. The average Bonchev–Trinajstić information content (AvgIpc) is 3.66. The van der Waals surface area contributed by atoms with Gasteiger partial charge in [0.2, 0.25) is 0 Å². The first-order valence-corrected chi connectivity index (χ1v) is 24.6. The van der Waals surface area contributed by atoms with E-state index in [-0.39, 0.29) is 32.9 Å². The van der Waals surface area contributed by atoms with Crippen LogP contribution in [0.25, 0.3) is 22.3 Å². The van der Waals surface area contributed by atoms with Gasteiger partial charge in [-0.05, 0) is 124 Å². The van der Waals surface area contributed by atoms with Gasteiger partial charge in [-0.1, -0.05) is 222 Å². The van der Waals surface area contributed by atoms with Crippen LogP contribution in [0.15, 0.2) is 91.0 Å². The Hall–Kier alpha value is -4.76. The Morgan fingerprint density at radius 3 is 1.29 bits per heavy atom. The molecule has 1 unspecified atom stereocenters. The molecule has 1 N–H and O–H groups in total. The number of carboxylic acids is 1. The van der Waals surface area contributed by atoms with Gasteiger partial charge in [-0.15, -0.1) is 0 Å². The zero-order chi connectivity index (χ0) is 47.9. The van der Waals surface area contributed by atoms with Gasteiger partial charge in [0.15, 0.2) is 5.78 Å². The van der Waals surface area contributed by atoms with Crippen LogP contribution in [0.1, 0.15) is 227 Å². The Morgan fingerprint density at radius 1 is 0.462 bits per heavy atom. The van der Waals surface area contributed by atoms with Gasteiger partial charge >= 0.3 is 5.97 Å². The third-order valence-corrected chi connectivity index (χ3v) is 17.3. The van der Waals surface area contributed by atoms with E-state index >= 15 is 0 Å². The van der Waals surface area contributed by atoms with Crippen molar-refractivity contribution in [1.29, 1.82) is 0 Å². The molecule has 5 aromatic carbocycles. The molecule has 344 valence electrons. The molecule has 1 atom stereocenters. The third-order valence-electron chi connectivity index (χ3n) is 17.3. The van der Waals surface area contributed by atoms with Gasteiger partial charge in [-0.25, -0.2) is 4.79 Å². The topological polar surface area (TPSA) is 54.4 Å². The molecule has 3 heteroatoms. The van der Waals surface area contributed by atoms with Crippen LogP contribution >= 0.6 is 0 Å².